The average Bonchev–Trinajstić information content (AvgIpc) is 3.67. The molecule has 0 radical (unpaired) electrons. The van der Waals surface area contributed by atoms with Crippen LogP contribution in [0.4, 0.5) is 17.2 Å². The third-order valence-electron chi connectivity index (χ3n) is 9.07. The maximum Gasteiger partial charge on any atom is 0.169 e. The molecule has 4 saturated heterocycles. The highest BCUT2D eigenvalue weighted by atomic mass is 16.5. The molecule has 4 fully saturated rings. The van der Waals surface area contributed by atoms with Crippen molar-refractivity contribution in [3.8, 4) is 28.8 Å². The number of anilines is 3. The van der Waals surface area contributed by atoms with Gasteiger partial charge in [0.25, 0.3) is 0 Å². The highest BCUT2D eigenvalue weighted by Crippen LogP contribution is 2.39. The highest BCUT2D eigenvalue weighted by Gasteiger charge is 2.42. The summed E-state index contributed by atoms with van der Waals surface area (Å²) in [5.74, 6) is 7.30. The molecule has 206 valence electrons. The molecule has 0 saturated carbocycles. The van der Waals surface area contributed by atoms with Crippen molar-refractivity contribution >= 4 is 17.2 Å². The molecule has 2 aromatic heterocycles. The molecule has 1 aromatic carbocycles. The van der Waals surface area contributed by atoms with Gasteiger partial charge in [-0.15, -0.1) is 10.2 Å². The number of fused-ring (bicyclic) bond motifs is 2. The lowest BCUT2D eigenvalue weighted by atomic mass is 9.87. The van der Waals surface area contributed by atoms with Gasteiger partial charge in [-0.2, -0.15) is 0 Å². The molecule has 6 heterocycles. The normalized spacial score (nSPS) is 25.9. The topological polar surface area (TPSA) is 104 Å². The fraction of sp³-hybridized carbons (Fsp3) is 0.452. The van der Waals surface area contributed by atoms with Crippen LogP contribution >= 0.6 is 0 Å². The zero-order valence-corrected chi connectivity index (χ0v) is 22.7. The minimum Gasteiger partial charge on any atom is -0.507 e. The van der Waals surface area contributed by atoms with Crippen LogP contribution in [0.5, 0.6) is 5.75 Å². The van der Waals surface area contributed by atoms with Gasteiger partial charge in [-0.05, 0) is 68.5 Å². The lowest BCUT2D eigenvalue weighted by Crippen LogP contribution is -2.54. The van der Waals surface area contributed by atoms with E-state index in [0.717, 1.165) is 70.2 Å². The van der Waals surface area contributed by atoms with Crippen molar-refractivity contribution in [3.05, 3.63) is 54.4 Å². The molecule has 0 amide bonds. The van der Waals surface area contributed by atoms with E-state index in [4.69, 9.17) is 10.5 Å². The Morgan fingerprint density at radius 3 is 2.73 bits per heavy atom. The van der Waals surface area contributed by atoms with E-state index in [9.17, 15) is 5.11 Å². The van der Waals surface area contributed by atoms with Crippen LogP contribution in [-0.4, -0.2) is 83.2 Å². The first kappa shape index (κ1) is 25.1. The summed E-state index contributed by atoms with van der Waals surface area (Å²) in [5.41, 5.74) is 10.8. The molecule has 3 aromatic rings. The van der Waals surface area contributed by atoms with Gasteiger partial charge in [0.1, 0.15) is 11.4 Å². The maximum absolute atomic E-state index is 10.3. The van der Waals surface area contributed by atoms with Crippen molar-refractivity contribution in [3.63, 3.8) is 0 Å². The van der Waals surface area contributed by atoms with E-state index in [2.05, 4.69) is 53.9 Å². The van der Waals surface area contributed by atoms with Crippen LogP contribution in [0, 0.1) is 17.3 Å². The summed E-state index contributed by atoms with van der Waals surface area (Å²) in [4.78, 5) is 11.9. The summed E-state index contributed by atoms with van der Waals surface area (Å²) >= 11 is 0. The molecule has 2 bridgehead atoms. The SMILES string of the molecule is Nc1nnc(-c2ccccc2O)cc1N1CC2CCC(C1)N2c1ccnc(C#CCN2CCC3(CCOC3)C2)c1. The fourth-order valence-corrected chi connectivity index (χ4v) is 7.01. The predicted octanol–water partition coefficient (Wildman–Crippen LogP) is 3.15. The maximum atomic E-state index is 10.3. The Morgan fingerprint density at radius 1 is 1.07 bits per heavy atom. The number of piperazine rings is 1. The van der Waals surface area contributed by atoms with E-state index in [1.807, 2.05) is 24.4 Å². The van der Waals surface area contributed by atoms with E-state index in [0.29, 0.717) is 34.6 Å². The van der Waals surface area contributed by atoms with Crippen LogP contribution in [0.3, 0.4) is 0 Å². The Labute approximate surface area is 235 Å². The number of rotatable bonds is 4. The number of hydrogen-bond acceptors (Lipinski definition) is 9. The Kier molecular flexibility index (Phi) is 6.45. The van der Waals surface area contributed by atoms with Crippen molar-refractivity contribution < 1.29 is 9.84 Å². The van der Waals surface area contributed by atoms with Crippen LogP contribution in [0.2, 0.25) is 0 Å². The van der Waals surface area contributed by atoms with E-state index >= 15 is 0 Å². The molecular weight excluding hydrogens is 502 g/mol. The summed E-state index contributed by atoms with van der Waals surface area (Å²) < 4.78 is 5.66. The predicted molar refractivity (Wildman–Crippen MR) is 155 cm³/mol. The molecular formula is C31H35N7O2. The van der Waals surface area contributed by atoms with Gasteiger partial charge >= 0.3 is 0 Å². The Bertz CT molecular complexity index is 1450. The fourth-order valence-electron chi connectivity index (χ4n) is 7.01. The van der Waals surface area contributed by atoms with Crippen molar-refractivity contribution in [1.82, 2.24) is 20.1 Å². The number of ether oxygens (including phenoxy) is 1. The third kappa shape index (κ3) is 4.72. The standard InChI is InChI=1S/C31H35N7O2/c32-30-28(17-27(34-35-30)26-5-1-2-6-29(26)39)37-18-24-7-8-25(19-37)38(24)23-9-12-33-22(16-23)4-3-13-36-14-10-31(20-36)11-15-40-21-31/h1-2,5-6,9,12,16-17,24-25,39H,7-8,10-11,13-15,18-21H2,(H2,32,35). The number of phenols is 1. The third-order valence-corrected chi connectivity index (χ3v) is 9.07. The second-order valence-electron chi connectivity index (χ2n) is 11.7. The number of para-hydroxylation sites is 1. The van der Waals surface area contributed by atoms with Gasteiger partial charge in [0, 0.05) is 61.2 Å². The second kappa shape index (κ2) is 10.3. The van der Waals surface area contributed by atoms with Gasteiger partial charge in [0.15, 0.2) is 5.82 Å². The molecule has 7 rings (SSSR count). The monoisotopic (exact) mass is 537 g/mol. The molecule has 3 N–H and O–H groups in total. The number of phenolic OH excluding ortho intramolecular Hbond substituents is 1. The molecule has 0 aliphatic carbocycles. The number of pyridine rings is 1. The van der Waals surface area contributed by atoms with Gasteiger partial charge < -0.3 is 25.4 Å². The van der Waals surface area contributed by atoms with Gasteiger partial charge in [-0.1, -0.05) is 18.1 Å². The lowest BCUT2D eigenvalue weighted by Gasteiger charge is -2.43. The molecule has 9 nitrogen and oxygen atoms in total. The zero-order chi connectivity index (χ0) is 27.1. The van der Waals surface area contributed by atoms with Crippen LogP contribution in [0.15, 0.2) is 48.7 Å². The van der Waals surface area contributed by atoms with E-state index in [-0.39, 0.29) is 5.75 Å². The molecule has 4 aliphatic heterocycles. The number of benzene rings is 1. The van der Waals surface area contributed by atoms with Crippen molar-refractivity contribution in [2.45, 2.75) is 37.8 Å². The molecule has 1 spiro atoms. The smallest absolute Gasteiger partial charge is 0.169 e. The number of likely N-dealkylation sites (tertiary alicyclic amines) is 1. The molecule has 40 heavy (non-hydrogen) atoms. The van der Waals surface area contributed by atoms with Crippen LogP contribution < -0.4 is 15.5 Å². The molecule has 3 atom stereocenters. The minimum atomic E-state index is 0.182. The first-order chi connectivity index (χ1) is 19.6. The number of aromatic nitrogens is 3. The molecule has 3 unspecified atom stereocenters. The highest BCUT2D eigenvalue weighted by molar-refractivity contribution is 5.74. The summed E-state index contributed by atoms with van der Waals surface area (Å²) in [6.07, 6.45) is 6.52. The summed E-state index contributed by atoms with van der Waals surface area (Å²) in [7, 11) is 0. The number of nitrogens with zero attached hydrogens (tertiary/aromatic N) is 6. The number of nitrogens with two attached hydrogens (primary N) is 1. The number of aromatic hydroxyl groups is 1. The first-order valence-electron chi connectivity index (χ1n) is 14.3. The van der Waals surface area contributed by atoms with Crippen molar-refractivity contribution in [1.29, 1.82) is 0 Å². The number of nitrogen functional groups attached to an aromatic ring is 1. The quantitative estimate of drug-likeness (QED) is 0.486. The van der Waals surface area contributed by atoms with Crippen LogP contribution in [0.1, 0.15) is 31.4 Å². The summed E-state index contributed by atoms with van der Waals surface area (Å²) in [6.45, 7) is 6.46. The Balaban J connectivity index is 1.05. The van der Waals surface area contributed by atoms with Crippen LogP contribution in [0.25, 0.3) is 11.3 Å². The lowest BCUT2D eigenvalue weighted by molar-refractivity contribution is 0.153. The van der Waals surface area contributed by atoms with Gasteiger partial charge in [0.2, 0.25) is 0 Å². The zero-order valence-electron chi connectivity index (χ0n) is 22.7. The average molecular weight is 538 g/mol. The van der Waals surface area contributed by atoms with Crippen molar-refractivity contribution in [2.24, 2.45) is 5.41 Å². The van der Waals surface area contributed by atoms with E-state index in [1.165, 1.54) is 18.5 Å². The minimum absolute atomic E-state index is 0.182. The molecule has 9 heteroatoms. The van der Waals surface area contributed by atoms with Crippen molar-refractivity contribution in [2.75, 3.05) is 61.5 Å². The first-order valence-corrected chi connectivity index (χ1v) is 14.3. The Morgan fingerprint density at radius 2 is 1.93 bits per heavy atom. The van der Waals surface area contributed by atoms with Gasteiger partial charge in [0.05, 0.1) is 24.5 Å². The summed E-state index contributed by atoms with van der Waals surface area (Å²) in [6, 6.07) is 14.1. The van der Waals surface area contributed by atoms with E-state index < -0.39 is 0 Å². The Hall–Kier alpha value is -3.87. The second-order valence-corrected chi connectivity index (χ2v) is 11.7. The number of hydrogen-bond donors (Lipinski definition) is 2. The van der Waals surface area contributed by atoms with Gasteiger partial charge in [-0.3, -0.25) is 4.90 Å². The van der Waals surface area contributed by atoms with Crippen LogP contribution in [-0.2, 0) is 4.74 Å². The summed E-state index contributed by atoms with van der Waals surface area (Å²) in [5, 5.41) is 18.8. The molecule has 4 aliphatic rings. The largest absolute Gasteiger partial charge is 0.507 e. The van der Waals surface area contributed by atoms with E-state index in [1.54, 1.807) is 12.1 Å². The van der Waals surface area contributed by atoms with Gasteiger partial charge in [-0.25, -0.2) is 4.98 Å².